The molecular formula is C11H24N2S. The molecule has 1 N–H and O–H groups in total. The van der Waals surface area contributed by atoms with Crippen molar-refractivity contribution >= 4 is 12.6 Å². The Hall–Kier alpha value is 0.270. The lowest BCUT2D eigenvalue weighted by Gasteiger charge is -2.27. The largest absolute Gasteiger partial charge is 0.317 e. The van der Waals surface area contributed by atoms with Gasteiger partial charge in [0.1, 0.15) is 0 Å². The standard InChI is InChI=1S/C11H24N2S/c1-13(9-10-14)11-5-2-3-7-12-8-4-6-11/h11-12,14H,2-10H2,1H3. The third-order valence-electron chi connectivity index (χ3n) is 3.11. The number of nitrogens with one attached hydrogen (secondary N) is 1. The number of thiol groups is 1. The molecule has 0 amide bonds. The number of hydrogen-bond acceptors (Lipinski definition) is 3. The summed E-state index contributed by atoms with van der Waals surface area (Å²) in [5.74, 6) is 0.977. The zero-order valence-electron chi connectivity index (χ0n) is 9.34. The van der Waals surface area contributed by atoms with Crippen LogP contribution in [0.4, 0.5) is 0 Å². The molecule has 0 aromatic rings. The van der Waals surface area contributed by atoms with Crippen molar-refractivity contribution in [3.05, 3.63) is 0 Å². The van der Waals surface area contributed by atoms with Crippen molar-refractivity contribution in [1.29, 1.82) is 0 Å². The van der Waals surface area contributed by atoms with Crippen molar-refractivity contribution in [1.82, 2.24) is 10.2 Å². The lowest BCUT2D eigenvalue weighted by Crippen LogP contribution is -2.33. The lowest BCUT2D eigenvalue weighted by molar-refractivity contribution is 0.226. The predicted octanol–water partition coefficient (Wildman–Crippen LogP) is 1.77. The fourth-order valence-electron chi connectivity index (χ4n) is 2.14. The van der Waals surface area contributed by atoms with Crippen LogP contribution in [0.15, 0.2) is 0 Å². The second-order valence-corrected chi connectivity index (χ2v) is 4.69. The normalized spacial score (nSPS) is 25.5. The Balaban J connectivity index is 2.31. The smallest absolute Gasteiger partial charge is 0.00930 e. The minimum atomic E-state index is 0.794. The molecule has 0 aromatic heterocycles. The van der Waals surface area contributed by atoms with Crippen molar-refractivity contribution in [3.8, 4) is 0 Å². The van der Waals surface area contributed by atoms with Crippen LogP contribution in [-0.2, 0) is 0 Å². The zero-order valence-corrected chi connectivity index (χ0v) is 10.2. The Labute approximate surface area is 93.8 Å². The van der Waals surface area contributed by atoms with Crippen molar-refractivity contribution in [2.24, 2.45) is 0 Å². The van der Waals surface area contributed by atoms with E-state index in [0.29, 0.717) is 0 Å². The second kappa shape index (κ2) is 7.55. The molecule has 0 aromatic carbocycles. The summed E-state index contributed by atoms with van der Waals surface area (Å²) in [6, 6.07) is 0.794. The minimum absolute atomic E-state index is 0.794. The molecule has 1 saturated heterocycles. The second-order valence-electron chi connectivity index (χ2n) is 4.25. The van der Waals surface area contributed by atoms with E-state index in [1.807, 2.05) is 0 Å². The first-order valence-corrected chi connectivity index (χ1v) is 6.49. The molecule has 1 heterocycles. The van der Waals surface area contributed by atoms with Gasteiger partial charge in [0.2, 0.25) is 0 Å². The molecule has 0 radical (unpaired) electrons. The van der Waals surface area contributed by atoms with Crippen molar-refractivity contribution in [2.45, 2.75) is 38.1 Å². The van der Waals surface area contributed by atoms with Crippen LogP contribution in [0.25, 0.3) is 0 Å². The van der Waals surface area contributed by atoms with Gasteiger partial charge in [-0.25, -0.2) is 0 Å². The monoisotopic (exact) mass is 216 g/mol. The van der Waals surface area contributed by atoms with E-state index in [1.54, 1.807) is 0 Å². The Bertz CT molecular complexity index is 131. The van der Waals surface area contributed by atoms with Gasteiger partial charge in [0.15, 0.2) is 0 Å². The number of rotatable bonds is 3. The molecule has 0 bridgehead atoms. The van der Waals surface area contributed by atoms with Gasteiger partial charge in [-0.3, -0.25) is 0 Å². The third-order valence-corrected chi connectivity index (χ3v) is 3.31. The molecule has 0 aliphatic carbocycles. The van der Waals surface area contributed by atoms with Crippen LogP contribution in [0, 0.1) is 0 Å². The third kappa shape index (κ3) is 4.67. The Morgan fingerprint density at radius 3 is 2.71 bits per heavy atom. The van der Waals surface area contributed by atoms with E-state index in [4.69, 9.17) is 0 Å². The van der Waals surface area contributed by atoms with E-state index in [0.717, 1.165) is 18.3 Å². The summed E-state index contributed by atoms with van der Waals surface area (Å²) >= 11 is 4.29. The molecule has 1 aliphatic heterocycles. The molecule has 14 heavy (non-hydrogen) atoms. The first-order valence-electron chi connectivity index (χ1n) is 5.86. The number of hydrogen-bond donors (Lipinski definition) is 2. The molecule has 1 unspecified atom stereocenters. The van der Waals surface area contributed by atoms with E-state index in [-0.39, 0.29) is 0 Å². The van der Waals surface area contributed by atoms with Crippen LogP contribution < -0.4 is 5.32 Å². The SMILES string of the molecule is CN(CCS)C1CCCCNCCC1. The van der Waals surface area contributed by atoms with Gasteiger partial charge in [-0.05, 0) is 45.8 Å². The van der Waals surface area contributed by atoms with Crippen molar-refractivity contribution in [2.75, 3.05) is 32.4 Å². The van der Waals surface area contributed by atoms with E-state index < -0.39 is 0 Å². The molecule has 3 heteroatoms. The summed E-state index contributed by atoms with van der Waals surface area (Å²) in [6.45, 7) is 3.54. The Morgan fingerprint density at radius 2 is 1.93 bits per heavy atom. The average Bonchev–Trinajstić information content (AvgIpc) is 2.30. The molecule has 1 rings (SSSR count). The van der Waals surface area contributed by atoms with Gasteiger partial charge in [0.05, 0.1) is 0 Å². The molecule has 2 nitrogen and oxygen atoms in total. The molecule has 0 saturated carbocycles. The van der Waals surface area contributed by atoms with Gasteiger partial charge in [0.25, 0.3) is 0 Å². The quantitative estimate of drug-likeness (QED) is 0.699. The fraction of sp³-hybridized carbons (Fsp3) is 1.00. The van der Waals surface area contributed by atoms with Gasteiger partial charge in [-0.1, -0.05) is 6.42 Å². The zero-order chi connectivity index (χ0) is 10.2. The highest BCUT2D eigenvalue weighted by Crippen LogP contribution is 2.14. The van der Waals surface area contributed by atoms with E-state index in [1.165, 1.54) is 45.2 Å². The molecule has 1 aliphatic rings. The molecule has 84 valence electrons. The van der Waals surface area contributed by atoms with Crippen molar-refractivity contribution < 1.29 is 0 Å². The molecule has 1 atom stereocenters. The maximum Gasteiger partial charge on any atom is 0.00930 e. The van der Waals surface area contributed by atoms with Gasteiger partial charge >= 0.3 is 0 Å². The highest BCUT2D eigenvalue weighted by Gasteiger charge is 2.14. The first kappa shape index (κ1) is 12.3. The summed E-state index contributed by atoms with van der Waals surface area (Å²) in [4.78, 5) is 2.48. The van der Waals surface area contributed by atoms with Gasteiger partial charge in [-0.15, -0.1) is 0 Å². The summed E-state index contributed by atoms with van der Waals surface area (Å²) in [5, 5.41) is 3.49. The topological polar surface area (TPSA) is 15.3 Å². The maximum absolute atomic E-state index is 4.29. The summed E-state index contributed by atoms with van der Waals surface area (Å²) in [7, 11) is 2.24. The summed E-state index contributed by atoms with van der Waals surface area (Å²) in [6.07, 6.45) is 6.74. The summed E-state index contributed by atoms with van der Waals surface area (Å²) < 4.78 is 0. The van der Waals surface area contributed by atoms with Gasteiger partial charge in [0, 0.05) is 18.3 Å². The Kier molecular flexibility index (Phi) is 6.65. The van der Waals surface area contributed by atoms with Crippen LogP contribution >= 0.6 is 12.6 Å². The van der Waals surface area contributed by atoms with Crippen LogP contribution in [0.2, 0.25) is 0 Å². The van der Waals surface area contributed by atoms with Gasteiger partial charge in [-0.2, -0.15) is 12.6 Å². The average molecular weight is 216 g/mol. The van der Waals surface area contributed by atoms with Crippen LogP contribution in [0.1, 0.15) is 32.1 Å². The lowest BCUT2D eigenvalue weighted by atomic mass is 10.0. The van der Waals surface area contributed by atoms with Gasteiger partial charge < -0.3 is 10.2 Å². The van der Waals surface area contributed by atoms with E-state index in [9.17, 15) is 0 Å². The fourth-order valence-corrected chi connectivity index (χ4v) is 2.46. The van der Waals surface area contributed by atoms with Crippen molar-refractivity contribution in [3.63, 3.8) is 0 Å². The summed E-state index contributed by atoms with van der Waals surface area (Å²) in [5.41, 5.74) is 0. The van der Waals surface area contributed by atoms with Crippen LogP contribution in [-0.4, -0.2) is 43.4 Å². The predicted molar refractivity (Wildman–Crippen MR) is 66.2 cm³/mol. The Morgan fingerprint density at radius 1 is 1.21 bits per heavy atom. The van der Waals surface area contributed by atoms with Crippen LogP contribution in [0.5, 0.6) is 0 Å². The highest BCUT2D eigenvalue weighted by atomic mass is 32.1. The molecule has 0 spiro atoms. The minimum Gasteiger partial charge on any atom is -0.317 e. The number of nitrogens with zero attached hydrogens (tertiary/aromatic N) is 1. The highest BCUT2D eigenvalue weighted by molar-refractivity contribution is 7.80. The maximum atomic E-state index is 4.29. The van der Waals surface area contributed by atoms with E-state index in [2.05, 4.69) is 29.9 Å². The molecule has 1 fully saturated rings. The van der Waals surface area contributed by atoms with Crippen LogP contribution in [0.3, 0.4) is 0 Å². The molecular weight excluding hydrogens is 192 g/mol. The first-order chi connectivity index (χ1) is 6.84. The van der Waals surface area contributed by atoms with E-state index >= 15 is 0 Å².